The Kier molecular flexibility index (Phi) is 6.09. The second-order valence-corrected chi connectivity index (χ2v) is 14.0. The van der Waals surface area contributed by atoms with Crippen LogP contribution in [0.2, 0.25) is 0 Å². The molecule has 4 nitrogen and oxygen atoms in total. The monoisotopic (exact) mass is 668 g/mol. The van der Waals surface area contributed by atoms with Gasteiger partial charge in [0.2, 0.25) is 0 Å². The molecule has 0 aliphatic heterocycles. The average Bonchev–Trinajstić information content (AvgIpc) is 3.86. The van der Waals surface area contributed by atoms with Crippen LogP contribution in [0.5, 0.6) is 0 Å². The van der Waals surface area contributed by atoms with Gasteiger partial charge in [0.05, 0.1) is 42.9 Å². The van der Waals surface area contributed by atoms with Crippen molar-refractivity contribution in [2.75, 3.05) is 0 Å². The lowest BCUT2D eigenvalue weighted by atomic mass is 10.0. The van der Waals surface area contributed by atoms with E-state index in [1.54, 1.807) is 11.3 Å². The molecule has 238 valence electrons. The predicted molar refractivity (Wildman–Crippen MR) is 214 cm³/mol. The molecule has 0 amide bonds. The summed E-state index contributed by atoms with van der Waals surface area (Å²) in [5, 5.41) is 4.84. The van der Waals surface area contributed by atoms with E-state index in [0.29, 0.717) is 0 Å². The molecule has 0 N–H and O–H groups in total. The van der Waals surface area contributed by atoms with E-state index in [4.69, 9.17) is 9.97 Å². The van der Waals surface area contributed by atoms with E-state index in [0.717, 1.165) is 54.3 Å². The third-order valence-corrected chi connectivity index (χ3v) is 11.2. The van der Waals surface area contributed by atoms with Crippen LogP contribution >= 0.6 is 11.3 Å². The quantitative estimate of drug-likeness (QED) is 0.187. The van der Waals surface area contributed by atoms with Crippen molar-refractivity contribution in [1.29, 1.82) is 0 Å². The number of thiophene rings is 1. The second-order valence-electron chi connectivity index (χ2n) is 13.0. The Labute approximate surface area is 297 Å². The molecule has 0 bridgehead atoms. The van der Waals surface area contributed by atoms with E-state index >= 15 is 0 Å². The topological polar surface area (TPSA) is 35.6 Å². The number of fused-ring (bicyclic) bond motifs is 9. The Morgan fingerprint density at radius 1 is 0.353 bits per heavy atom. The van der Waals surface area contributed by atoms with Gasteiger partial charge in [0.1, 0.15) is 11.0 Å². The molecule has 0 unspecified atom stereocenters. The number of para-hydroxylation sites is 4. The molecule has 0 aliphatic carbocycles. The van der Waals surface area contributed by atoms with Gasteiger partial charge in [0.15, 0.2) is 0 Å². The van der Waals surface area contributed by atoms with E-state index in [1.807, 2.05) is 0 Å². The number of benzene rings is 6. The van der Waals surface area contributed by atoms with Crippen molar-refractivity contribution < 1.29 is 0 Å². The lowest BCUT2D eigenvalue weighted by Crippen LogP contribution is -1.93. The van der Waals surface area contributed by atoms with Crippen LogP contribution in [0.3, 0.4) is 0 Å². The van der Waals surface area contributed by atoms with Gasteiger partial charge in [-0.15, -0.1) is 11.3 Å². The van der Waals surface area contributed by atoms with Crippen LogP contribution in [0.4, 0.5) is 0 Å². The van der Waals surface area contributed by atoms with Gasteiger partial charge in [-0.1, -0.05) is 97.1 Å². The van der Waals surface area contributed by atoms with Gasteiger partial charge < -0.3 is 9.13 Å². The van der Waals surface area contributed by atoms with Crippen molar-refractivity contribution >= 4 is 75.4 Å². The molecule has 0 saturated heterocycles. The zero-order chi connectivity index (χ0) is 33.5. The number of pyridine rings is 2. The van der Waals surface area contributed by atoms with Crippen LogP contribution in [0.1, 0.15) is 0 Å². The summed E-state index contributed by atoms with van der Waals surface area (Å²) in [6, 6.07) is 60.4. The predicted octanol–water partition coefficient (Wildman–Crippen LogP) is 12.4. The molecule has 6 aromatic carbocycles. The molecule has 51 heavy (non-hydrogen) atoms. The summed E-state index contributed by atoms with van der Waals surface area (Å²) in [5.74, 6) is 0. The minimum atomic E-state index is 0.942. The molecule has 5 aromatic heterocycles. The lowest BCUT2D eigenvalue weighted by molar-refractivity contribution is 1.18. The minimum Gasteiger partial charge on any atom is -0.309 e. The molecule has 5 heterocycles. The van der Waals surface area contributed by atoms with E-state index in [1.165, 1.54) is 43.6 Å². The second kappa shape index (κ2) is 11.0. The van der Waals surface area contributed by atoms with Crippen LogP contribution in [-0.4, -0.2) is 19.1 Å². The molecule has 0 saturated carbocycles. The van der Waals surface area contributed by atoms with Gasteiger partial charge in [0, 0.05) is 44.0 Å². The maximum Gasteiger partial charge on any atom is 0.108 e. The molecule has 0 atom stereocenters. The Balaban J connectivity index is 1.12. The van der Waals surface area contributed by atoms with E-state index in [-0.39, 0.29) is 0 Å². The summed E-state index contributed by atoms with van der Waals surface area (Å²) in [5.41, 5.74) is 13.0. The number of aromatic nitrogens is 4. The van der Waals surface area contributed by atoms with Crippen molar-refractivity contribution in [3.8, 4) is 33.9 Å². The zero-order valence-electron chi connectivity index (χ0n) is 27.4. The van der Waals surface area contributed by atoms with Gasteiger partial charge in [0.25, 0.3) is 0 Å². The highest BCUT2D eigenvalue weighted by Crippen LogP contribution is 2.42. The number of nitrogens with zero attached hydrogens (tertiary/aromatic N) is 4. The highest BCUT2D eigenvalue weighted by molar-refractivity contribution is 7.25. The first-order valence-corrected chi connectivity index (χ1v) is 18.0. The first-order chi connectivity index (χ1) is 25.3. The van der Waals surface area contributed by atoms with Crippen molar-refractivity contribution in [1.82, 2.24) is 19.1 Å². The van der Waals surface area contributed by atoms with Crippen molar-refractivity contribution in [2.24, 2.45) is 0 Å². The molecule has 11 aromatic rings. The summed E-state index contributed by atoms with van der Waals surface area (Å²) in [7, 11) is 0. The zero-order valence-corrected chi connectivity index (χ0v) is 28.2. The van der Waals surface area contributed by atoms with Gasteiger partial charge in [-0.3, -0.25) is 0 Å². The van der Waals surface area contributed by atoms with Crippen LogP contribution in [0.15, 0.2) is 170 Å². The molecular weight excluding hydrogens is 641 g/mol. The SMILES string of the molecule is c1ccc(-n2c3ccccc3c3c(-c4ccc5sc6ccc(-c7cccc8c7c7ccccc7n8-c7ccccc7)nc6c5n4)cccc32)cc1. The van der Waals surface area contributed by atoms with Gasteiger partial charge in [-0.05, 0) is 72.8 Å². The van der Waals surface area contributed by atoms with Crippen LogP contribution in [-0.2, 0) is 0 Å². The molecule has 11 rings (SSSR count). The fourth-order valence-corrected chi connectivity index (χ4v) is 8.98. The normalized spacial score (nSPS) is 11.9. The third-order valence-electron chi connectivity index (χ3n) is 10.1. The molecule has 0 radical (unpaired) electrons. The molecular formula is C46H28N4S. The van der Waals surface area contributed by atoms with Crippen molar-refractivity contribution in [2.45, 2.75) is 0 Å². The Morgan fingerprint density at radius 3 is 1.24 bits per heavy atom. The smallest absolute Gasteiger partial charge is 0.108 e. The first kappa shape index (κ1) is 28.3. The third kappa shape index (κ3) is 4.19. The molecule has 0 fully saturated rings. The Morgan fingerprint density at radius 2 is 0.765 bits per heavy atom. The maximum atomic E-state index is 5.40. The standard InChI is InChI=1S/C46H28N4S/c1-3-13-29(14-4-1)49-37-21-9-7-17-33(37)43-31(19-11-23-39(43)49)35-25-27-41-45(47-35)46-42(51-41)28-26-36(48-46)32-20-12-24-40-44(32)34-18-8-10-22-38(34)50(40)30-15-5-2-6-16-30/h1-28H. The fourth-order valence-electron chi connectivity index (χ4n) is 7.99. The fraction of sp³-hybridized carbons (Fsp3) is 0. The lowest BCUT2D eigenvalue weighted by Gasteiger charge is -2.09. The summed E-state index contributed by atoms with van der Waals surface area (Å²) in [6.45, 7) is 0. The summed E-state index contributed by atoms with van der Waals surface area (Å²) in [4.78, 5) is 10.8. The first-order valence-electron chi connectivity index (χ1n) is 17.2. The van der Waals surface area contributed by atoms with Crippen molar-refractivity contribution in [3.63, 3.8) is 0 Å². The van der Waals surface area contributed by atoms with Crippen LogP contribution < -0.4 is 0 Å². The molecule has 0 aliphatic rings. The highest BCUT2D eigenvalue weighted by atomic mass is 32.1. The summed E-state index contributed by atoms with van der Waals surface area (Å²) >= 11 is 1.75. The largest absolute Gasteiger partial charge is 0.309 e. The average molecular weight is 669 g/mol. The Hall–Kier alpha value is -6.56. The molecule has 0 spiro atoms. The van der Waals surface area contributed by atoms with Gasteiger partial charge in [-0.25, -0.2) is 9.97 Å². The minimum absolute atomic E-state index is 0.942. The number of hydrogen-bond donors (Lipinski definition) is 0. The number of hydrogen-bond acceptors (Lipinski definition) is 3. The van der Waals surface area contributed by atoms with Crippen molar-refractivity contribution in [3.05, 3.63) is 170 Å². The Bertz CT molecular complexity index is 2920. The van der Waals surface area contributed by atoms with Crippen LogP contribution in [0.25, 0.3) is 97.9 Å². The van der Waals surface area contributed by atoms with Gasteiger partial charge >= 0.3 is 0 Å². The van der Waals surface area contributed by atoms with E-state index in [9.17, 15) is 0 Å². The molecule has 5 heteroatoms. The summed E-state index contributed by atoms with van der Waals surface area (Å²) in [6.07, 6.45) is 0. The van der Waals surface area contributed by atoms with Gasteiger partial charge in [-0.2, -0.15) is 0 Å². The highest BCUT2D eigenvalue weighted by Gasteiger charge is 2.20. The number of rotatable bonds is 4. The van der Waals surface area contributed by atoms with E-state index in [2.05, 4.69) is 179 Å². The van der Waals surface area contributed by atoms with Crippen LogP contribution in [0, 0.1) is 0 Å². The summed E-state index contributed by atoms with van der Waals surface area (Å²) < 4.78 is 6.98. The van der Waals surface area contributed by atoms with E-state index < -0.39 is 0 Å². The maximum absolute atomic E-state index is 5.40.